The lowest BCUT2D eigenvalue weighted by Gasteiger charge is -2.19. The molecule has 0 heterocycles. The molecule has 0 aromatic heterocycles. The summed E-state index contributed by atoms with van der Waals surface area (Å²) in [6, 6.07) is 3.70. The Balaban J connectivity index is 3.42. The first kappa shape index (κ1) is 13.6. The van der Waals surface area contributed by atoms with Gasteiger partial charge in [-0.15, -0.1) is 0 Å². The maximum absolute atomic E-state index is 11.4. The van der Waals surface area contributed by atoms with Gasteiger partial charge in [0.1, 0.15) is 11.4 Å². The number of anilines is 1. The number of amides is 2. The molecule has 18 heavy (non-hydrogen) atoms. The number of imide groups is 1. The smallest absolute Gasteiger partial charge is 0.271 e. The van der Waals surface area contributed by atoms with Gasteiger partial charge in [-0.1, -0.05) is 0 Å². The summed E-state index contributed by atoms with van der Waals surface area (Å²) in [5, 5.41) is 10.7. The van der Waals surface area contributed by atoms with Crippen molar-refractivity contribution in [3.63, 3.8) is 0 Å². The molecule has 7 nitrogen and oxygen atoms in total. The predicted molar refractivity (Wildman–Crippen MR) is 63.5 cm³/mol. The Morgan fingerprint density at radius 1 is 1.28 bits per heavy atom. The number of carbonyl (C=O) groups excluding carboxylic acids is 2. The van der Waals surface area contributed by atoms with Crippen molar-refractivity contribution in [3.8, 4) is 5.75 Å². The number of ether oxygens (including phenoxy) is 1. The molecule has 1 aromatic carbocycles. The first-order chi connectivity index (χ1) is 8.38. The van der Waals surface area contributed by atoms with Crippen LogP contribution in [-0.2, 0) is 9.59 Å². The summed E-state index contributed by atoms with van der Waals surface area (Å²) in [5.41, 5.74) is -0.162. The number of nitrogens with zero attached hydrogens (tertiary/aromatic N) is 2. The molecule has 0 fully saturated rings. The molecular formula is C11H12N2O5. The van der Waals surface area contributed by atoms with Crippen LogP contribution in [0, 0.1) is 10.1 Å². The number of benzene rings is 1. The van der Waals surface area contributed by atoms with Crippen molar-refractivity contribution < 1.29 is 19.2 Å². The summed E-state index contributed by atoms with van der Waals surface area (Å²) in [6.45, 7) is 2.39. The Hall–Kier alpha value is -2.44. The SMILES string of the molecule is COc1ccc([N+](=O)[O-])cc1N(C(C)=O)C(C)=O. The minimum atomic E-state index is -0.610. The molecule has 0 aliphatic carbocycles. The Kier molecular flexibility index (Phi) is 3.98. The first-order valence-electron chi connectivity index (χ1n) is 5.02. The molecule has 2 amide bonds. The van der Waals surface area contributed by atoms with E-state index in [2.05, 4.69) is 0 Å². The average molecular weight is 252 g/mol. The van der Waals surface area contributed by atoms with Gasteiger partial charge in [0.25, 0.3) is 5.69 Å². The number of rotatable bonds is 3. The molecule has 0 bridgehead atoms. The van der Waals surface area contributed by atoms with E-state index in [4.69, 9.17) is 4.74 Å². The summed E-state index contributed by atoms with van der Waals surface area (Å²) < 4.78 is 4.99. The fraction of sp³-hybridized carbons (Fsp3) is 0.273. The van der Waals surface area contributed by atoms with Crippen molar-refractivity contribution >= 4 is 23.2 Å². The minimum Gasteiger partial charge on any atom is -0.495 e. The number of non-ortho nitro benzene ring substituents is 1. The van der Waals surface area contributed by atoms with E-state index in [0.717, 1.165) is 11.0 Å². The Bertz CT molecular complexity index is 498. The highest BCUT2D eigenvalue weighted by molar-refractivity contribution is 6.14. The van der Waals surface area contributed by atoms with Gasteiger partial charge in [-0.2, -0.15) is 0 Å². The van der Waals surface area contributed by atoms with Crippen LogP contribution in [0.25, 0.3) is 0 Å². The van der Waals surface area contributed by atoms with E-state index in [-0.39, 0.29) is 17.1 Å². The fourth-order valence-electron chi connectivity index (χ4n) is 1.53. The monoisotopic (exact) mass is 252 g/mol. The molecular weight excluding hydrogens is 240 g/mol. The second kappa shape index (κ2) is 5.26. The van der Waals surface area contributed by atoms with Crippen LogP contribution in [-0.4, -0.2) is 23.8 Å². The van der Waals surface area contributed by atoms with Gasteiger partial charge in [0.05, 0.1) is 12.0 Å². The highest BCUT2D eigenvalue weighted by Crippen LogP contribution is 2.32. The maximum Gasteiger partial charge on any atom is 0.271 e. The van der Waals surface area contributed by atoms with E-state index in [0.29, 0.717) is 0 Å². The third-order valence-electron chi connectivity index (χ3n) is 2.24. The van der Waals surface area contributed by atoms with Crippen LogP contribution in [0.5, 0.6) is 5.75 Å². The van der Waals surface area contributed by atoms with Crippen LogP contribution in [0.15, 0.2) is 18.2 Å². The molecule has 1 aromatic rings. The van der Waals surface area contributed by atoms with Crippen molar-refractivity contribution in [3.05, 3.63) is 28.3 Å². The topological polar surface area (TPSA) is 89.8 Å². The summed E-state index contributed by atoms with van der Waals surface area (Å²) in [7, 11) is 1.35. The van der Waals surface area contributed by atoms with E-state index >= 15 is 0 Å². The first-order valence-corrected chi connectivity index (χ1v) is 5.02. The number of hydrogen-bond acceptors (Lipinski definition) is 5. The quantitative estimate of drug-likeness (QED) is 0.600. The Morgan fingerprint density at radius 3 is 2.22 bits per heavy atom. The molecule has 0 spiro atoms. The molecule has 0 aliphatic heterocycles. The molecule has 0 aliphatic rings. The van der Waals surface area contributed by atoms with Gasteiger partial charge in [0, 0.05) is 26.0 Å². The Morgan fingerprint density at radius 2 is 1.83 bits per heavy atom. The van der Waals surface area contributed by atoms with Gasteiger partial charge >= 0.3 is 0 Å². The van der Waals surface area contributed by atoms with E-state index in [1.165, 1.54) is 33.1 Å². The van der Waals surface area contributed by atoms with Crippen molar-refractivity contribution in [2.45, 2.75) is 13.8 Å². The van der Waals surface area contributed by atoms with E-state index in [1.807, 2.05) is 0 Å². The lowest BCUT2D eigenvalue weighted by molar-refractivity contribution is -0.384. The molecule has 7 heteroatoms. The summed E-state index contributed by atoms with van der Waals surface area (Å²) in [4.78, 5) is 33.7. The number of nitro groups is 1. The van der Waals surface area contributed by atoms with Gasteiger partial charge in [0.2, 0.25) is 11.8 Å². The average Bonchev–Trinajstić information content (AvgIpc) is 2.27. The number of nitro benzene ring substituents is 1. The zero-order valence-electron chi connectivity index (χ0n) is 10.2. The summed E-state index contributed by atoms with van der Waals surface area (Å²) in [6.07, 6.45) is 0. The van der Waals surface area contributed by atoms with E-state index in [1.54, 1.807) is 0 Å². The summed E-state index contributed by atoms with van der Waals surface area (Å²) >= 11 is 0. The van der Waals surface area contributed by atoms with Gasteiger partial charge < -0.3 is 4.74 Å². The third-order valence-corrected chi connectivity index (χ3v) is 2.24. The van der Waals surface area contributed by atoms with Crippen LogP contribution >= 0.6 is 0 Å². The number of methoxy groups -OCH3 is 1. The zero-order chi connectivity index (χ0) is 13.9. The Labute approximate surface area is 103 Å². The van der Waals surface area contributed by atoms with Gasteiger partial charge in [0.15, 0.2) is 0 Å². The molecule has 0 radical (unpaired) electrons. The van der Waals surface area contributed by atoms with Crippen LogP contribution < -0.4 is 9.64 Å². The minimum absolute atomic E-state index is 0.0618. The maximum atomic E-state index is 11.4. The van der Waals surface area contributed by atoms with Crippen LogP contribution in [0.3, 0.4) is 0 Å². The van der Waals surface area contributed by atoms with Crippen molar-refractivity contribution in [1.29, 1.82) is 0 Å². The van der Waals surface area contributed by atoms with E-state index < -0.39 is 16.7 Å². The predicted octanol–water partition coefficient (Wildman–Crippen LogP) is 1.50. The molecule has 0 saturated heterocycles. The highest BCUT2D eigenvalue weighted by atomic mass is 16.6. The molecule has 0 unspecified atom stereocenters. The van der Waals surface area contributed by atoms with Crippen molar-refractivity contribution in [2.75, 3.05) is 12.0 Å². The van der Waals surface area contributed by atoms with Gasteiger partial charge in [-0.3, -0.25) is 19.7 Å². The molecule has 96 valence electrons. The highest BCUT2D eigenvalue weighted by Gasteiger charge is 2.23. The second-order valence-electron chi connectivity index (χ2n) is 3.49. The van der Waals surface area contributed by atoms with Crippen LogP contribution in [0.1, 0.15) is 13.8 Å². The lowest BCUT2D eigenvalue weighted by atomic mass is 10.2. The fourth-order valence-corrected chi connectivity index (χ4v) is 1.53. The number of hydrogen-bond donors (Lipinski definition) is 0. The lowest BCUT2D eigenvalue weighted by Crippen LogP contribution is -2.33. The van der Waals surface area contributed by atoms with Gasteiger partial charge in [-0.05, 0) is 6.07 Å². The largest absolute Gasteiger partial charge is 0.495 e. The van der Waals surface area contributed by atoms with Gasteiger partial charge in [-0.25, -0.2) is 4.90 Å². The zero-order valence-corrected chi connectivity index (χ0v) is 10.2. The second-order valence-corrected chi connectivity index (χ2v) is 3.49. The third kappa shape index (κ3) is 2.62. The van der Waals surface area contributed by atoms with Crippen LogP contribution in [0.4, 0.5) is 11.4 Å². The van der Waals surface area contributed by atoms with E-state index in [9.17, 15) is 19.7 Å². The van der Waals surface area contributed by atoms with Crippen LogP contribution in [0.2, 0.25) is 0 Å². The standard InChI is InChI=1S/C11H12N2O5/c1-7(14)12(8(2)15)10-6-9(13(16)17)4-5-11(10)18-3/h4-6H,1-3H3. The molecule has 0 saturated carbocycles. The number of carbonyl (C=O) groups is 2. The van der Waals surface area contributed by atoms with Crippen molar-refractivity contribution in [2.24, 2.45) is 0 Å². The molecule has 1 rings (SSSR count). The molecule has 0 atom stereocenters. The summed E-state index contributed by atoms with van der Waals surface area (Å²) in [5.74, 6) is -0.867. The van der Waals surface area contributed by atoms with Crippen molar-refractivity contribution in [1.82, 2.24) is 0 Å². The normalized spacial score (nSPS) is 9.72. The molecule has 0 N–H and O–H groups in total.